The maximum Gasteiger partial charge on any atom is 0.122 e. The van der Waals surface area contributed by atoms with Crippen molar-refractivity contribution in [2.24, 2.45) is 11.8 Å². The summed E-state index contributed by atoms with van der Waals surface area (Å²) in [6.07, 6.45) is 4.36. The first kappa shape index (κ1) is 14.6. The van der Waals surface area contributed by atoms with Crippen LogP contribution in [0.2, 0.25) is 0 Å². The number of nitrogens with zero attached hydrogens (tertiary/aromatic N) is 1. The molecule has 3 nitrogen and oxygen atoms in total. The molecule has 1 N–H and O–H groups in total. The molecule has 0 saturated carbocycles. The van der Waals surface area contributed by atoms with Gasteiger partial charge in [0, 0.05) is 25.2 Å². The van der Waals surface area contributed by atoms with Gasteiger partial charge in [-0.3, -0.25) is 4.90 Å². The van der Waals surface area contributed by atoms with Gasteiger partial charge in [0.2, 0.25) is 0 Å². The van der Waals surface area contributed by atoms with E-state index in [1.807, 2.05) is 6.26 Å². The summed E-state index contributed by atoms with van der Waals surface area (Å²) >= 11 is 0. The number of rotatable bonds is 6. The molecule has 1 saturated heterocycles. The summed E-state index contributed by atoms with van der Waals surface area (Å²) < 4.78 is 5.69. The lowest BCUT2D eigenvalue weighted by Crippen LogP contribution is -2.38. The van der Waals surface area contributed by atoms with E-state index in [1.54, 1.807) is 0 Å². The van der Waals surface area contributed by atoms with Crippen molar-refractivity contribution in [3.8, 4) is 0 Å². The molecule has 2 atom stereocenters. The van der Waals surface area contributed by atoms with Gasteiger partial charge in [0.25, 0.3) is 0 Å². The zero-order valence-electron chi connectivity index (χ0n) is 12.6. The topological polar surface area (TPSA) is 28.4 Å². The van der Waals surface area contributed by atoms with Crippen LogP contribution in [0.3, 0.4) is 0 Å². The molecule has 1 aromatic rings. The summed E-state index contributed by atoms with van der Waals surface area (Å²) in [5.41, 5.74) is 1.32. The molecule has 0 aliphatic carbocycles. The minimum atomic E-state index is 0.806. The first-order valence-corrected chi connectivity index (χ1v) is 7.67. The molecule has 19 heavy (non-hydrogen) atoms. The molecule has 1 aromatic heterocycles. The van der Waals surface area contributed by atoms with Crippen LogP contribution in [0.1, 0.15) is 44.9 Å². The van der Waals surface area contributed by atoms with E-state index in [2.05, 4.69) is 37.1 Å². The van der Waals surface area contributed by atoms with E-state index in [9.17, 15) is 0 Å². The standard InChI is InChI=1S/C16H28N2O/c1-4-6-17-9-15-5-7-19-16(15)12-18-10-13(2)8-14(3)11-18/h5,7,13-14,17H,4,6,8-12H2,1-3H3. The van der Waals surface area contributed by atoms with Gasteiger partial charge in [0.15, 0.2) is 0 Å². The monoisotopic (exact) mass is 264 g/mol. The van der Waals surface area contributed by atoms with E-state index in [-0.39, 0.29) is 0 Å². The maximum absolute atomic E-state index is 5.69. The van der Waals surface area contributed by atoms with Crippen LogP contribution >= 0.6 is 0 Å². The predicted octanol–water partition coefficient (Wildman–Crippen LogP) is 3.26. The lowest BCUT2D eigenvalue weighted by Gasteiger charge is -2.34. The van der Waals surface area contributed by atoms with Crippen LogP contribution in [0.5, 0.6) is 0 Å². The van der Waals surface area contributed by atoms with Crippen LogP contribution in [0.15, 0.2) is 16.7 Å². The first-order chi connectivity index (χ1) is 9.19. The largest absolute Gasteiger partial charge is 0.468 e. The Bertz CT molecular complexity index is 365. The zero-order chi connectivity index (χ0) is 13.7. The van der Waals surface area contributed by atoms with Crippen LogP contribution in [0.4, 0.5) is 0 Å². The minimum absolute atomic E-state index is 0.806. The summed E-state index contributed by atoms with van der Waals surface area (Å²) in [5.74, 6) is 2.76. The van der Waals surface area contributed by atoms with Crippen LogP contribution < -0.4 is 5.32 Å². The van der Waals surface area contributed by atoms with Gasteiger partial charge in [-0.1, -0.05) is 20.8 Å². The Morgan fingerprint density at radius 1 is 1.32 bits per heavy atom. The van der Waals surface area contributed by atoms with E-state index in [0.29, 0.717) is 0 Å². The van der Waals surface area contributed by atoms with Crippen molar-refractivity contribution in [3.05, 3.63) is 23.7 Å². The molecule has 3 heteroatoms. The Labute approximate surface area is 117 Å². The van der Waals surface area contributed by atoms with Crippen molar-refractivity contribution in [1.82, 2.24) is 10.2 Å². The highest BCUT2D eigenvalue weighted by molar-refractivity contribution is 5.16. The summed E-state index contributed by atoms with van der Waals surface area (Å²) in [6, 6.07) is 2.11. The average molecular weight is 264 g/mol. The molecular weight excluding hydrogens is 236 g/mol. The lowest BCUT2D eigenvalue weighted by molar-refractivity contribution is 0.125. The van der Waals surface area contributed by atoms with Gasteiger partial charge in [-0.15, -0.1) is 0 Å². The maximum atomic E-state index is 5.69. The van der Waals surface area contributed by atoms with Crippen LogP contribution in [0, 0.1) is 11.8 Å². The predicted molar refractivity (Wildman–Crippen MR) is 78.9 cm³/mol. The van der Waals surface area contributed by atoms with Gasteiger partial charge in [0.05, 0.1) is 12.8 Å². The third-order valence-corrected chi connectivity index (χ3v) is 3.89. The highest BCUT2D eigenvalue weighted by Crippen LogP contribution is 2.23. The van der Waals surface area contributed by atoms with Gasteiger partial charge in [-0.25, -0.2) is 0 Å². The van der Waals surface area contributed by atoms with Gasteiger partial charge in [-0.2, -0.15) is 0 Å². The number of nitrogens with one attached hydrogen (secondary N) is 1. The Morgan fingerprint density at radius 3 is 2.74 bits per heavy atom. The van der Waals surface area contributed by atoms with Gasteiger partial charge in [-0.05, 0) is 37.3 Å². The molecule has 0 radical (unpaired) electrons. The molecule has 2 heterocycles. The second kappa shape index (κ2) is 7.11. The summed E-state index contributed by atoms with van der Waals surface area (Å²) in [4.78, 5) is 2.54. The van der Waals surface area contributed by atoms with Crippen LogP contribution in [-0.2, 0) is 13.1 Å². The normalized spacial score (nSPS) is 24.8. The summed E-state index contributed by atoms with van der Waals surface area (Å²) in [7, 11) is 0. The lowest BCUT2D eigenvalue weighted by atomic mass is 9.92. The average Bonchev–Trinajstić information content (AvgIpc) is 2.76. The molecular formula is C16H28N2O. The first-order valence-electron chi connectivity index (χ1n) is 7.67. The highest BCUT2D eigenvalue weighted by atomic mass is 16.3. The molecule has 1 aliphatic rings. The third-order valence-electron chi connectivity index (χ3n) is 3.89. The van der Waals surface area contributed by atoms with E-state index in [0.717, 1.165) is 37.2 Å². The SMILES string of the molecule is CCCNCc1ccoc1CN1CC(C)CC(C)C1. The second-order valence-electron chi connectivity index (χ2n) is 6.19. The van der Waals surface area contributed by atoms with Crippen molar-refractivity contribution in [2.75, 3.05) is 19.6 Å². The Kier molecular flexibility index (Phi) is 5.46. The molecule has 0 spiro atoms. The zero-order valence-corrected chi connectivity index (χ0v) is 12.6. The Balaban J connectivity index is 1.89. The van der Waals surface area contributed by atoms with Gasteiger partial charge < -0.3 is 9.73 Å². The molecule has 1 aliphatic heterocycles. The number of piperidine rings is 1. The fourth-order valence-corrected chi connectivity index (χ4v) is 3.19. The van der Waals surface area contributed by atoms with Crippen LogP contribution in [-0.4, -0.2) is 24.5 Å². The third kappa shape index (κ3) is 4.36. The summed E-state index contributed by atoms with van der Waals surface area (Å²) in [5, 5.41) is 3.45. The molecule has 1 fully saturated rings. The number of furan rings is 1. The van der Waals surface area contributed by atoms with Crippen molar-refractivity contribution in [1.29, 1.82) is 0 Å². The fraction of sp³-hybridized carbons (Fsp3) is 0.750. The minimum Gasteiger partial charge on any atom is -0.468 e. The Hall–Kier alpha value is -0.800. The number of hydrogen-bond donors (Lipinski definition) is 1. The van der Waals surface area contributed by atoms with Crippen LogP contribution in [0.25, 0.3) is 0 Å². The summed E-state index contributed by atoms with van der Waals surface area (Å²) in [6.45, 7) is 12.3. The number of likely N-dealkylation sites (tertiary alicyclic amines) is 1. The molecule has 0 bridgehead atoms. The number of hydrogen-bond acceptors (Lipinski definition) is 3. The molecule has 2 rings (SSSR count). The fourth-order valence-electron chi connectivity index (χ4n) is 3.19. The van der Waals surface area contributed by atoms with Gasteiger partial charge >= 0.3 is 0 Å². The van der Waals surface area contributed by atoms with Gasteiger partial charge in [0.1, 0.15) is 5.76 Å². The molecule has 2 unspecified atom stereocenters. The molecule has 0 aromatic carbocycles. The van der Waals surface area contributed by atoms with Crippen molar-refractivity contribution in [3.63, 3.8) is 0 Å². The van der Waals surface area contributed by atoms with E-state index >= 15 is 0 Å². The smallest absolute Gasteiger partial charge is 0.122 e. The highest BCUT2D eigenvalue weighted by Gasteiger charge is 2.23. The Morgan fingerprint density at radius 2 is 2.05 bits per heavy atom. The van der Waals surface area contributed by atoms with E-state index in [4.69, 9.17) is 4.42 Å². The quantitative estimate of drug-likeness (QED) is 0.799. The van der Waals surface area contributed by atoms with Crippen molar-refractivity contribution >= 4 is 0 Å². The molecule has 108 valence electrons. The van der Waals surface area contributed by atoms with Crippen molar-refractivity contribution in [2.45, 2.75) is 46.7 Å². The van der Waals surface area contributed by atoms with E-state index < -0.39 is 0 Å². The van der Waals surface area contributed by atoms with Crippen molar-refractivity contribution < 1.29 is 4.42 Å². The van der Waals surface area contributed by atoms with E-state index in [1.165, 1.54) is 31.5 Å². The second-order valence-corrected chi connectivity index (χ2v) is 6.19. The molecule has 0 amide bonds.